The molecule has 0 bridgehead atoms. The highest BCUT2D eigenvalue weighted by Crippen LogP contribution is 2.58. The van der Waals surface area contributed by atoms with Crippen molar-refractivity contribution < 1.29 is 0 Å². The molecule has 25 heavy (non-hydrogen) atoms. The van der Waals surface area contributed by atoms with Gasteiger partial charge in [0.1, 0.15) is 0 Å². The Balaban J connectivity index is 2.13. The first-order valence-corrected chi connectivity index (χ1v) is 10.1. The van der Waals surface area contributed by atoms with E-state index in [-0.39, 0.29) is 10.2 Å². The molecule has 0 spiro atoms. The van der Waals surface area contributed by atoms with E-state index in [1.807, 2.05) is 11.8 Å². The lowest BCUT2D eigenvalue weighted by Crippen LogP contribution is -2.27. The van der Waals surface area contributed by atoms with Crippen molar-refractivity contribution in [2.24, 2.45) is 0 Å². The number of benzene rings is 3. The van der Waals surface area contributed by atoms with Crippen LogP contribution in [0.1, 0.15) is 43.0 Å². The minimum atomic E-state index is -0.142. The third-order valence-corrected chi connectivity index (χ3v) is 6.60. The van der Waals surface area contributed by atoms with Gasteiger partial charge in [0.05, 0.1) is 4.75 Å². The first kappa shape index (κ1) is 16.5. The average Bonchev–Trinajstić information content (AvgIpc) is 2.92. The van der Waals surface area contributed by atoms with Crippen LogP contribution in [0.4, 0.5) is 0 Å². The first-order valence-electron chi connectivity index (χ1n) is 8.84. The smallest absolute Gasteiger partial charge is 0.0918 e. The molecule has 1 heteroatoms. The van der Waals surface area contributed by atoms with Gasteiger partial charge in [-0.2, -0.15) is 0 Å². The number of hydrogen-bond acceptors (Lipinski definition) is 1. The molecule has 0 saturated heterocycles. The predicted octanol–water partition coefficient (Wildman–Crippen LogP) is 6.62. The van der Waals surface area contributed by atoms with Crippen molar-refractivity contribution in [1.82, 2.24) is 0 Å². The first-order chi connectivity index (χ1) is 12.0. The Kier molecular flexibility index (Phi) is 3.81. The zero-order valence-electron chi connectivity index (χ0n) is 15.3. The summed E-state index contributed by atoms with van der Waals surface area (Å²) in [6.07, 6.45) is 2.25. The summed E-state index contributed by atoms with van der Waals surface area (Å²) in [6, 6.07) is 26.8. The Bertz CT molecular complexity index is 885. The van der Waals surface area contributed by atoms with Crippen LogP contribution in [0.25, 0.3) is 11.1 Å². The number of fused-ring (bicyclic) bond motifs is 3. The van der Waals surface area contributed by atoms with Crippen molar-refractivity contribution in [3.63, 3.8) is 0 Å². The standard InChI is InChI=1S/C24H24S/c1-23(2,3)21-15-9-10-16-22(21)24(25-4)19-13-7-5-11-17(19)18-12-6-8-14-20(18)24/h5-16H,1-4H3. The maximum atomic E-state index is 2.33. The summed E-state index contributed by atoms with van der Waals surface area (Å²) in [5, 5.41) is 0. The van der Waals surface area contributed by atoms with E-state index in [2.05, 4.69) is 99.8 Å². The van der Waals surface area contributed by atoms with E-state index < -0.39 is 0 Å². The fourth-order valence-electron chi connectivity index (χ4n) is 4.26. The number of hydrogen-bond donors (Lipinski definition) is 0. The van der Waals surface area contributed by atoms with Gasteiger partial charge in [0.25, 0.3) is 0 Å². The molecule has 0 aromatic heterocycles. The molecule has 0 N–H and O–H groups in total. The lowest BCUT2D eigenvalue weighted by molar-refractivity contribution is 0.579. The normalized spacial score (nSPS) is 14.9. The highest BCUT2D eigenvalue weighted by atomic mass is 32.2. The molecule has 0 radical (unpaired) electrons. The summed E-state index contributed by atoms with van der Waals surface area (Å²) < 4.78 is -0.142. The summed E-state index contributed by atoms with van der Waals surface area (Å²) in [5.74, 6) is 0. The van der Waals surface area contributed by atoms with E-state index in [0.29, 0.717) is 0 Å². The van der Waals surface area contributed by atoms with E-state index in [9.17, 15) is 0 Å². The van der Waals surface area contributed by atoms with E-state index >= 15 is 0 Å². The van der Waals surface area contributed by atoms with E-state index in [1.54, 1.807) is 0 Å². The highest BCUT2D eigenvalue weighted by molar-refractivity contribution is 8.00. The van der Waals surface area contributed by atoms with Gasteiger partial charge in [0.15, 0.2) is 0 Å². The van der Waals surface area contributed by atoms with Crippen LogP contribution in [0.3, 0.4) is 0 Å². The predicted molar refractivity (Wildman–Crippen MR) is 110 cm³/mol. The van der Waals surface area contributed by atoms with Gasteiger partial charge in [-0.25, -0.2) is 0 Å². The maximum absolute atomic E-state index is 2.33. The number of thioether (sulfide) groups is 1. The van der Waals surface area contributed by atoms with Gasteiger partial charge in [-0.3, -0.25) is 0 Å². The van der Waals surface area contributed by atoms with Crippen molar-refractivity contribution in [2.75, 3.05) is 6.26 Å². The van der Waals surface area contributed by atoms with E-state index in [4.69, 9.17) is 0 Å². The Morgan fingerprint density at radius 1 is 0.640 bits per heavy atom. The lowest BCUT2D eigenvalue weighted by atomic mass is 9.77. The Labute approximate surface area is 155 Å². The molecular formula is C24H24S. The molecule has 1 aliphatic rings. The molecule has 0 fully saturated rings. The second-order valence-electron chi connectivity index (χ2n) is 7.77. The van der Waals surface area contributed by atoms with Crippen LogP contribution >= 0.6 is 11.8 Å². The molecule has 0 unspecified atom stereocenters. The van der Waals surface area contributed by atoms with Crippen molar-refractivity contribution in [2.45, 2.75) is 30.9 Å². The molecule has 0 nitrogen and oxygen atoms in total. The summed E-state index contributed by atoms with van der Waals surface area (Å²) in [5.41, 5.74) is 8.53. The van der Waals surface area contributed by atoms with Crippen LogP contribution in [0, 0.1) is 0 Å². The van der Waals surface area contributed by atoms with E-state index in [0.717, 1.165) is 0 Å². The topological polar surface area (TPSA) is 0 Å². The van der Waals surface area contributed by atoms with Crippen LogP contribution in [0.5, 0.6) is 0 Å². The SMILES string of the molecule is CSC1(c2ccccc2C(C)(C)C)c2ccccc2-c2ccccc21. The molecule has 0 atom stereocenters. The second-order valence-corrected chi connectivity index (χ2v) is 8.79. The molecule has 1 aliphatic carbocycles. The molecule has 4 rings (SSSR count). The number of rotatable bonds is 2. The fourth-order valence-corrected chi connectivity index (χ4v) is 5.45. The minimum Gasteiger partial charge on any atom is -0.144 e. The fraction of sp³-hybridized carbons (Fsp3) is 0.250. The highest BCUT2D eigenvalue weighted by Gasteiger charge is 2.45. The third-order valence-electron chi connectivity index (χ3n) is 5.32. The van der Waals surface area contributed by atoms with Crippen LogP contribution in [-0.2, 0) is 10.2 Å². The molecule has 0 saturated carbocycles. The molecule has 0 amide bonds. The monoisotopic (exact) mass is 344 g/mol. The Morgan fingerprint density at radius 2 is 1.08 bits per heavy atom. The molecule has 126 valence electrons. The molecule has 0 heterocycles. The Hall–Kier alpha value is -1.99. The molecular weight excluding hydrogens is 320 g/mol. The second kappa shape index (κ2) is 5.78. The summed E-state index contributed by atoms with van der Waals surface area (Å²) in [4.78, 5) is 0. The van der Waals surface area contributed by atoms with Crippen LogP contribution < -0.4 is 0 Å². The summed E-state index contributed by atoms with van der Waals surface area (Å²) >= 11 is 1.95. The van der Waals surface area contributed by atoms with Gasteiger partial charge in [0, 0.05) is 0 Å². The van der Waals surface area contributed by atoms with E-state index in [1.165, 1.54) is 33.4 Å². The molecule has 3 aromatic rings. The van der Waals surface area contributed by atoms with Gasteiger partial charge in [-0.05, 0) is 45.1 Å². The molecule has 0 aliphatic heterocycles. The van der Waals surface area contributed by atoms with Gasteiger partial charge < -0.3 is 0 Å². The Morgan fingerprint density at radius 3 is 1.56 bits per heavy atom. The maximum Gasteiger partial charge on any atom is 0.0918 e. The molecule has 3 aromatic carbocycles. The minimum absolute atomic E-state index is 0.103. The van der Waals surface area contributed by atoms with Crippen molar-refractivity contribution >= 4 is 11.8 Å². The van der Waals surface area contributed by atoms with Gasteiger partial charge in [0.2, 0.25) is 0 Å². The van der Waals surface area contributed by atoms with Crippen molar-refractivity contribution in [3.8, 4) is 11.1 Å². The van der Waals surface area contributed by atoms with Gasteiger partial charge in [-0.15, -0.1) is 11.8 Å². The zero-order chi connectivity index (χ0) is 17.7. The summed E-state index contributed by atoms with van der Waals surface area (Å²) in [7, 11) is 0. The van der Waals surface area contributed by atoms with Crippen LogP contribution in [-0.4, -0.2) is 6.26 Å². The van der Waals surface area contributed by atoms with Gasteiger partial charge >= 0.3 is 0 Å². The van der Waals surface area contributed by atoms with Crippen LogP contribution in [0.15, 0.2) is 72.8 Å². The van der Waals surface area contributed by atoms with Crippen molar-refractivity contribution in [3.05, 3.63) is 95.1 Å². The third kappa shape index (κ3) is 2.29. The zero-order valence-corrected chi connectivity index (χ0v) is 16.2. The quantitative estimate of drug-likeness (QED) is 0.503. The largest absolute Gasteiger partial charge is 0.144 e. The summed E-state index contributed by atoms with van der Waals surface area (Å²) in [6.45, 7) is 6.94. The average molecular weight is 345 g/mol. The lowest BCUT2D eigenvalue weighted by Gasteiger charge is -2.36. The van der Waals surface area contributed by atoms with Crippen LogP contribution in [0.2, 0.25) is 0 Å². The van der Waals surface area contributed by atoms with Gasteiger partial charge in [-0.1, -0.05) is 93.6 Å². The van der Waals surface area contributed by atoms with Crippen molar-refractivity contribution in [1.29, 1.82) is 0 Å².